The van der Waals surface area contributed by atoms with Crippen LogP contribution in [-0.2, 0) is 11.2 Å². The molecule has 3 unspecified atom stereocenters. The molecule has 0 saturated carbocycles. The minimum absolute atomic E-state index is 0.0950. The molecule has 3 atom stereocenters. The topological polar surface area (TPSA) is 48.4 Å². The Kier molecular flexibility index (Phi) is 2.89. The molecule has 0 amide bonds. The zero-order chi connectivity index (χ0) is 9.97. The second-order valence-electron chi connectivity index (χ2n) is 4.06. The molecule has 2 heterocycles. The van der Waals surface area contributed by atoms with Crippen molar-refractivity contribution in [2.24, 2.45) is 5.73 Å². The molecule has 3 nitrogen and oxygen atoms in total. The van der Waals surface area contributed by atoms with Gasteiger partial charge in [-0.25, -0.2) is 0 Å². The quantitative estimate of drug-likeness (QED) is 0.798. The van der Waals surface area contributed by atoms with Gasteiger partial charge in [0.15, 0.2) is 0 Å². The highest BCUT2D eigenvalue weighted by Gasteiger charge is 2.27. The maximum atomic E-state index is 6.07. The van der Waals surface area contributed by atoms with Crippen molar-refractivity contribution in [1.82, 2.24) is 0 Å². The summed E-state index contributed by atoms with van der Waals surface area (Å²) in [6.07, 6.45) is 7.08. The largest absolute Gasteiger partial charge is 0.472 e. The summed E-state index contributed by atoms with van der Waals surface area (Å²) < 4.78 is 10.7. The molecule has 3 heteroatoms. The Labute approximate surface area is 84.2 Å². The van der Waals surface area contributed by atoms with Crippen molar-refractivity contribution >= 4 is 0 Å². The first-order chi connectivity index (χ1) is 6.75. The van der Waals surface area contributed by atoms with Crippen LogP contribution in [0, 0.1) is 0 Å². The predicted molar refractivity (Wildman–Crippen MR) is 54.0 cm³/mol. The van der Waals surface area contributed by atoms with Gasteiger partial charge in [0, 0.05) is 6.04 Å². The van der Waals surface area contributed by atoms with Crippen molar-refractivity contribution in [1.29, 1.82) is 0 Å². The van der Waals surface area contributed by atoms with E-state index in [4.69, 9.17) is 14.9 Å². The third-order valence-electron chi connectivity index (χ3n) is 2.79. The van der Waals surface area contributed by atoms with Gasteiger partial charge in [0.05, 0.1) is 24.7 Å². The summed E-state index contributed by atoms with van der Waals surface area (Å²) in [5.74, 6) is 0. The Morgan fingerprint density at radius 1 is 1.57 bits per heavy atom. The van der Waals surface area contributed by atoms with Crippen LogP contribution in [0.15, 0.2) is 23.0 Å². The molecule has 0 aliphatic carbocycles. The lowest BCUT2D eigenvalue weighted by molar-refractivity contribution is 0.0404. The van der Waals surface area contributed by atoms with E-state index in [1.807, 2.05) is 6.07 Å². The molecule has 0 aromatic carbocycles. The number of hydrogen-bond acceptors (Lipinski definition) is 3. The van der Waals surface area contributed by atoms with Gasteiger partial charge in [0.2, 0.25) is 0 Å². The van der Waals surface area contributed by atoms with E-state index >= 15 is 0 Å². The van der Waals surface area contributed by atoms with Crippen LogP contribution < -0.4 is 5.73 Å². The van der Waals surface area contributed by atoms with E-state index in [-0.39, 0.29) is 12.1 Å². The van der Waals surface area contributed by atoms with Gasteiger partial charge in [-0.3, -0.25) is 0 Å². The van der Waals surface area contributed by atoms with E-state index in [0.717, 1.165) is 24.8 Å². The number of hydrogen-bond donors (Lipinski definition) is 1. The minimum Gasteiger partial charge on any atom is -0.472 e. The van der Waals surface area contributed by atoms with Crippen LogP contribution in [0.3, 0.4) is 0 Å². The number of nitrogens with two attached hydrogens (primary N) is 1. The minimum atomic E-state index is 0.0950. The highest BCUT2D eigenvalue weighted by Crippen LogP contribution is 2.22. The lowest BCUT2D eigenvalue weighted by Gasteiger charge is -2.18. The van der Waals surface area contributed by atoms with Gasteiger partial charge in [-0.1, -0.05) is 0 Å². The average Bonchev–Trinajstić information content (AvgIpc) is 2.75. The summed E-state index contributed by atoms with van der Waals surface area (Å²) in [5.41, 5.74) is 7.22. The van der Waals surface area contributed by atoms with Crippen LogP contribution in [0.25, 0.3) is 0 Å². The standard InChI is InChI=1S/C11H17NO2/c1-8-2-3-11(14-8)10(12)6-9-4-5-13-7-9/h4-5,7-8,10-11H,2-3,6,12H2,1H3. The second kappa shape index (κ2) is 4.15. The third-order valence-corrected chi connectivity index (χ3v) is 2.79. The molecular formula is C11H17NO2. The highest BCUT2D eigenvalue weighted by molar-refractivity contribution is 5.08. The van der Waals surface area contributed by atoms with Crippen LogP contribution in [0.1, 0.15) is 25.3 Å². The van der Waals surface area contributed by atoms with E-state index in [1.54, 1.807) is 12.5 Å². The Bertz CT molecular complexity index is 271. The van der Waals surface area contributed by atoms with E-state index in [2.05, 4.69) is 6.92 Å². The molecule has 2 N–H and O–H groups in total. The van der Waals surface area contributed by atoms with E-state index in [0.29, 0.717) is 6.10 Å². The fourth-order valence-corrected chi connectivity index (χ4v) is 1.96. The monoisotopic (exact) mass is 195 g/mol. The first-order valence-electron chi connectivity index (χ1n) is 5.18. The molecule has 0 radical (unpaired) electrons. The van der Waals surface area contributed by atoms with Crippen LogP contribution in [0.4, 0.5) is 0 Å². The van der Waals surface area contributed by atoms with Crippen LogP contribution in [-0.4, -0.2) is 18.2 Å². The summed E-state index contributed by atoms with van der Waals surface area (Å²) in [5, 5.41) is 0. The smallest absolute Gasteiger partial charge is 0.0935 e. The van der Waals surface area contributed by atoms with E-state index in [1.165, 1.54) is 0 Å². The third kappa shape index (κ3) is 2.16. The molecular weight excluding hydrogens is 178 g/mol. The number of rotatable bonds is 3. The zero-order valence-corrected chi connectivity index (χ0v) is 8.48. The summed E-state index contributed by atoms with van der Waals surface area (Å²) in [6, 6.07) is 2.05. The van der Waals surface area contributed by atoms with Gasteiger partial charge >= 0.3 is 0 Å². The Balaban J connectivity index is 1.87. The van der Waals surface area contributed by atoms with Crippen molar-refractivity contribution in [2.45, 2.75) is 44.4 Å². The Morgan fingerprint density at radius 3 is 3.00 bits per heavy atom. The molecule has 1 aromatic rings. The number of ether oxygens (including phenoxy) is 1. The van der Waals surface area contributed by atoms with Crippen molar-refractivity contribution in [3.05, 3.63) is 24.2 Å². The van der Waals surface area contributed by atoms with E-state index < -0.39 is 0 Å². The summed E-state index contributed by atoms with van der Waals surface area (Å²) in [7, 11) is 0. The summed E-state index contributed by atoms with van der Waals surface area (Å²) in [6.45, 7) is 2.10. The molecule has 14 heavy (non-hydrogen) atoms. The first kappa shape index (κ1) is 9.74. The molecule has 78 valence electrons. The molecule has 0 bridgehead atoms. The molecule has 0 spiro atoms. The molecule has 1 aromatic heterocycles. The van der Waals surface area contributed by atoms with Crippen molar-refractivity contribution in [3.63, 3.8) is 0 Å². The fraction of sp³-hybridized carbons (Fsp3) is 0.636. The van der Waals surface area contributed by atoms with Crippen LogP contribution in [0.2, 0.25) is 0 Å². The van der Waals surface area contributed by atoms with Gasteiger partial charge in [0.25, 0.3) is 0 Å². The SMILES string of the molecule is CC1CCC(C(N)Cc2ccoc2)O1. The molecule has 1 aliphatic heterocycles. The van der Waals surface area contributed by atoms with Gasteiger partial charge in [-0.05, 0) is 37.8 Å². The summed E-state index contributed by atoms with van der Waals surface area (Å²) >= 11 is 0. The summed E-state index contributed by atoms with van der Waals surface area (Å²) in [4.78, 5) is 0. The van der Waals surface area contributed by atoms with Crippen molar-refractivity contribution in [3.8, 4) is 0 Å². The van der Waals surface area contributed by atoms with Gasteiger partial charge in [-0.2, -0.15) is 0 Å². The molecule has 2 rings (SSSR count). The molecule has 1 saturated heterocycles. The van der Waals surface area contributed by atoms with Crippen molar-refractivity contribution in [2.75, 3.05) is 0 Å². The fourth-order valence-electron chi connectivity index (χ4n) is 1.96. The van der Waals surface area contributed by atoms with Gasteiger partial charge in [-0.15, -0.1) is 0 Å². The Morgan fingerprint density at radius 2 is 2.43 bits per heavy atom. The second-order valence-corrected chi connectivity index (χ2v) is 4.06. The molecule has 1 fully saturated rings. The van der Waals surface area contributed by atoms with Crippen molar-refractivity contribution < 1.29 is 9.15 Å². The zero-order valence-electron chi connectivity index (χ0n) is 8.48. The maximum absolute atomic E-state index is 6.07. The van der Waals surface area contributed by atoms with Gasteiger partial charge < -0.3 is 14.9 Å². The van der Waals surface area contributed by atoms with Gasteiger partial charge in [0.1, 0.15) is 0 Å². The van der Waals surface area contributed by atoms with Crippen LogP contribution in [0.5, 0.6) is 0 Å². The number of furan rings is 1. The predicted octanol–water partition coefficient (Wildman–Crippen LogP) is 1.72. The average molecular weight is 195 g/mol. The highest BCUT2D eigenvalue weighted by atomic mass is 16.5. The van der Waals surface area contributed by atoms with Crippen LogP contribution >= 0.6 is 0 Å². The normalized spacial score (nSPS) is 29.3. The first-order valence-corrected chi connectivity index (χ1v) is 5.18. The van der Waals surface area contributed by atoms with E-state index in [9.17, 15) is 0 Å². The lowest BCUT2D eigenvalue weighted by Crippen LogP contribution is -2.36. The molecule has 1 aliphatic rings. The lowest BCUT2D eigenvalue weighted by atomic mass is 10.0. The Hall–Kier alpha value is -0.800. The maximum Gasteiger partial charge on any atom is 0.0935 e.